The van der Waals surface area contributed by atoms with Crippen molar-refractivity contribution in [2.24, 2.45) is 11.3 Å². The van der Waals surface area contributed by atoms with Crippen LogP contribution in [0.1, 0.15) is 33.3 Å². The molecule has 0 fully saturated rings. The van der Waals surface area contributed by atoms with Gasteiger partial charge in [-0.1, -0.05) is 39.8 Å². The average molecular weight is 316 g/mol. The second kappa shape index (κ2) is 6.67. The molecule has 18 heavy (non-hydrogen) atoms. The molecule has 0 bridgehead atoms. The van der Waals surface area contributed by atoms with Crippen molar-refractivity contribution in [3.63, 3.8) is 0 Å². The molecule has 1 aromatic carbocycles. The van der Waals surface area contributed by atoms with E-state index in [1.165, 1.54) is 6.07 Å². The number of hydrogen-bond donors (Lipinski definition) is 1. The Balaban J connectivity index is 2.61. The number of halogens is 2. The van der Waals surface area contributed by atoms with E-state index in [2.05, 4.69) is 48.9 Å². The first kappa shape index (κ1) is 15.6. The van der Waals surface area contributed by atoms with Gasteiger partial charge in [0, 0.05) is 6.54 Å². The molecule has 0 aliphatic carbocycles. The van der Waals surface area contributed by atoms with Crippen molar-refractivity contribution in [2.75, 3.05) is 13.1 Å². The van der Waals surface area contributed by atoms with Gasteiger partial charge in [-0.25, -0.2) is 4.39 Å². The van der Waals surface area contributed by atoms with Crippen molar-refractivity contribution in [1.29, 1.82) is 0 Å². The van der Waals surface area contributed by atoms with Crippen molar-refractivity contribution in [3.05, 3.63) is 34.1 Å². The highest BCUT2D eigenvalue weighted by Crippen LogP contribution is 2.28. The predicted octanol–water partition coefficient (Wildman–Crippen LogP) is 4.40. The van der Waals surface area contributed by atoms with Crippen LogP contribution in [0.15, 0.2) is 22.7 Å². The first-order chi connectivity index (χ1) is 8.32. The molecular formula is C15H23BrFN. The Bertz CT molecular complexity index is 388. The number of benzene rings is 1. The van der Waals surface area contributed by atoms with Gasteiger partial charge in [0.15, 0.2) is 0 Å². The van der Waals surface area contributed by atoms with Gasteiger partial charge < -0.3 is 5.32 Å². The van der Waals surface area contributed by atoms with Crippen LogP contribution in [0.2, 0.25) is 0 Å². The van der Waals surface area contributed by atoms with Crippen molar-refractivity contribution in [3.8, 4) is 0 Å². The summed E-state index contributed by atoms with van der Waals surface area (Å²) in [5.41, 5.74) is 1.15. The van der Waals surface area contributed by atoms with E-state index < -0.39 is 0 Å². The number of nitrogens with one attached hydrogen (secondary N) is 1. The maximum absolute atomic E-state index is 13.4. The van der Waals surface area contributed by atoms with Gasteiger partial charge in [0.1, 0.15) is 5.82 Å². The van der Waals surface area contributed by atoms with E-state index in [9.17, 15) is 4.39 Å². The first-order valence-corrected chi connectivity index (χ1v) is 7.25. The third kappa shape index (κ3) is 5.07. The van der Waals surface area contributed by atoms with Crippen LogP contribution in [0.3, 0.4) is 0 Å². The molecule has 0 heterocycles. The van der Waals surface area contributed by atoms with Crippen LogP contribution in [0.25, 0.3) is 0 Å². The Kier molecular flexibility index (Phi) is 5.80. The van der Waals surface area contributed by atoms with Gasteiger partial charge in [-0.05, 0) is 51.9 Å². The van der Waals surface area contributed by atoms with E-state index in [4.69, 9.17) is 0 Å². The molecule has 1 nitrogen and oxygen atoms in total. The first-order valence-electron chi connectivity index (χ1n) is 6.45. The zero-order valence-corrected chi connectivity index (χ0v) is 13.3. The number of hydrogen-bond acceptors (Lipinski definition) is 1. The van der Waals surface area contributed by atoms with Gasteiger partial charge in [0.25, 0.3) is 0 Å². The summed E-state index contributed by atoms with van der Waals surface area (Å²) in [5, 5.41) is 3.47. The Labute approximate surface area is 118 Å². The molecule has 1 N–H and O–H groups in total. The molecule has 0 saturated heterocycles. The standard InChI is InChI=1S/C15H23BrFN/c1-11(2)9-18-10-15(3,4)8-12-6-5-7-13(17)14(12)16/h5-7,11,18H,8-10H2,1-4H3. The molecule has 1 rings (SSSR count). The molecule has 0 aliphatic rings. The Morgan fingerprint density at radius 2 is 2.00 bits per heavy atom. The highest BCUT2D eigenvalue weighted by molar-refractivity contribution is 9.10. The topological polar surface area (TPSA) is 12.0 Å². The molecule has 0 atom stereocenters. The summed E-state index contributed by atoms with van der Waals surface area (Å²) < 4.78 is 14.0. The van der Waals surface area contributed by atoms with Gasteiger partial charge in [-0.3, -0.25) is 0 Å². The molecule has 3 heteroatoms. The monoisotopic (exact) mass is 315 g/mol. The molecule has 102 valence electrons. The minimum absolute atomic E-state index is 0.116. The van der Waals surface area contributed by atoms with Crippen LogP contribution >= 0.6 is 15.9 Å². The van der Waals surface area contributed by atoms with Crippen LogP contribution in [-0.2, 0) is 6.42 Å². The third-order valence-electron chi connectivity index (χ3n) is 2.86. The molecule has 0 saturated carbocycles. The maximum atomic E-state index is 13.4. The van der Waals surface area contributed by atoms with Gasteiger partial charge in [-0.2, -0.15) is 0 Å². The fourth-order valence-electron chi connectivity index (χ4n) is 1.96. The predicted molar refractivity (Wildman–Crippen MR) is 79.3 cm³/mol. The van der Waals surface area contributed by atoms with Crippen LogP contribution < -0.4 is 5.32 Å². The summed E-state index contributed by atoms with van der Waals surface area (Å²) in [6, 6.07) is 5.24. The van der Waals surface area contributed by atoms with Crippen molar-refractivity contribution in [2.45, 2.75) is 34.1 Å². The second-order valence-electron chi connectivity index (χ2n) is 6.08. The summed E-state index contributed by atoms with van der Waals surface area (Å²) >= 11 is 3.33. The Hall–Kier alpha value is -0.410. The van der Waals surface area contributed by atoms with Crippen molar-refractivity contribution >= 4 is 15.9 Å². The fraction of sp³-hybridized carbons (Fsp3) is 0.600. The summed E-state index contributed by atoms with van der Waals surface area (Å²) in [7, 11) is 0. The molecule has 1 aromatic rings. The highest BCUT2D eigenvalue weighted by atomic mass is 79.9. The normalized spacial score (nSPS) is 12.2. The average Bonchev–Trinajstić information content (AvgIpc) is 2.23. The molecule has 0 aliphatic heterocycles. The Morgan fingerprint density at radius 3 is 2.61 bits per heavy atom. The summed E-state index contributed by atoms with van der Waals surface area (Å²) in [6.07, 6.45) is 0.858. The lowest BCUT2D eigenvalue weighted by Crippen LogP contribution is -2.33. The maximum Gasteiger partial charge on any atom is 0.137 e. The molecule has 0 amide bonds. The fourth-order valence-corrected chi connectivity index (χ4v) is 2.37. The van der Waals surface area contributed by atoms with E-state index in [1.54, 1.807) is 6.07 Å². The third-order valence-corrected chi connectivity index (χ3v) is 3.74. The highest BCUT2D eigenvalue weighted by Gasteiger charge is 2.20. The second-order valence-corrected chi connectivity index (χ2v) is 6.87. The van der Waals surface area contributed by atoms with Gasteiger partial charge in [-0.15, -0.1) is 0 Å². The zero-order chi connectivity index (χ0) is 13.8. The van der Waals surface area contributed by atoms with Crippen LogP contribution in [-0.4, -0.2) is 13.1 Å². The zero-order valence-electron chi connectivity index (χ0n) is 11.7. The molecule has 0 spiro atoms. The summed E-state index contributed by atoms with van der Waals surface area (Å²) in [6.45, 7) is 10.8. The minimum Gasteiger partial charge on any atom is -0.316 e. The molecular weight excluding hydrogens is 293 g/mol. The van der Waals surface area contributed by atoms with Crippen LogP contribution in [0.5, 0.6) is 0 Å². The summed E-state index contributed by atoms with van der Waals surface area (Å²) in [4.78, 5) is 0. The van der Waals surface area contributed by atoms with E-state index in [1.807, 2.05) is 6.07 Å². The lowest BCUT2D eigenvalue weighted by Gasteiger charge is -2.26. The molecule has 0 unspecified atom stereocenters. The Morgan fingerprint density at radius 1 is 1.33 bits per heavy atom. The van der Waals surface area contributed by atoms with Gasteiger partial charge >= 0.3 is 0 Å². The van der Waals surface area contributed by atoms with Gasteiger partial charge in [0.05, 0.1) is 4.47 Å². The SMILES string of the molecule is CC(C)CNCC(C)(C)Cc1cccc(F)c1Br. The van der Waals surface area contributed by atoms with Gasteiger partial charge in [0.2, 0.25) is 0 Å². The van der Waals surface area contributed by atoms with E-state index in [-0.39, 0.29) is 11.2 Å². The smallest absolute Gasteiger partial charge is 0.137 e. The van der Waals surface area contributed by atoms with Crippen molar-refractivity contribution in [1.82, 2.24) is 5.32 Å². The lowest BCUT2D eigenvalue weighted by molar-refractivity contribution is 0.329. The quantitative estimate of drug-likeness (QED) is 0.820. The largest absolute Gasteiger partial charge is 0.316 e. The number of rotatable bonds is 6. The van der Waals surface area contributed by atoms with Crippen LogP contribution in [0.4, 0.5) is 4.39 Å². The van der Waals surface area contributed by atoms with Crippen molar-refractivity contribution < 1.29 is 4.39 Å². The summed E-state index contributed by atoms with van der Waals surface area (Å²) in [5.74, 6) is 0.472. The lowest BCUT2D eigenvalue weighted by atomic mass is 9.85. The molecule has 0 aromatic heterocycles. The van der Waals surface area contributed by atoms with E-state index in [0.717, 1.165) is 25.1 Å². The van der Waals surface area contributed by atoms with E-state index >= 15 is 0 Å². The van der Waals surface area contributed by atoms with E-state index in [0.29, 0.717) is 10.4 Å². The minimum atomic E-state index is -0.182. The molecule has 0 radical (unpaired) electrons. The van der Waals surface area contributed by atoms with Crippen LogP contribution in [0, 0.1) is 17.2 Å².